The maximum atomic E-state index is 11.8. The number of benzene rings is 1. The van der Waals surface area contributed by atoms with Crippen LogP contribution in [-0.4, -0.2) is 24.3 Å². The molecule has 1 aromatic heterocycles. The summed E-state index contributed by atoms with van der Waals surface area (Å²) < 4.78 is 10.5. The third kappa shape index (κ3) is 2.47. The van der Waals surface area contributed by atoms with Gasteiger partial charge in [-0.3, -0.25) is 0 Å². The third-order valence-electron chi connectivity index (χ3n) is 2.72. The quantitative estimate of drug-likeness (QED) is 0.663. The molecule has 1 N–H and O–H groups in total. The first-order valence-corrected chi connectivity index (χ1v) is 5.98. The predicted molar refractivity (Wildman–Crippen MR) is 70.9 cm³/mol. The number of carbonyl (C=O) groups excluding carboxylic acids is 1. The zero-order valence-corrected chi connectivity index (χ0v) is 10.8. The Morgan fingerprint density at radius 3 is 2.95 bits per heavy atom. The molecule has 0 bridgehead atoms. The van der Waals surface area contributed by atoms with E-state index in [-0.39, 0.29) is 12.4 Å². The number of fused-ring (bicyclic) bond motifs is 1. The number of aliphatic hydroxyl groups is 1. The molecule has 0 atom stereocenters. The highest BCUT2D eigenvalue weighted by Crippen LogP contribution is 2.28. The van der Waals surface area contributed by atoms with Gasteiger partial charge in [-0.2, -0.15) is 0 Å². The average molecular weight is 258 g/mol. The Morgan fingerprint density at radius 2 is 2.26 bits per heavy atom. The molecular formula is C15H14O4. The van der Waals surface area contributed by atoms with Crippen LogP contribution >= 0.6 is 0 Å². The summed E-state index contributed by atoms with van der Waals surface area (Å²) >= 11 is 0. The molecule has 0 fully saturated rings. The number of furan rings is 1. The Balaban J connectivity index is 2.60. The highest BCUT2D eigenvalue weighted by atomic mass is 16.5. The highest BCUT2D eigenvalue weighted by molar-refractivity contribution is 5.98. The van der Waals surface area contributed by atoms with Crippen LogP contribution in [0.5, 0.6) is 0 Å². The fraction of sp³-hybridized carbons (Fsp3) is 0.267. The first kappa shape index (κ1) is 13.2. The molecule has 4 heteroatoms. The maximum Gasteiger partial charge on any atom is 0.374 e. The molecule has 4 nitrogen and oxygen atoms in total. The van der Waals surface area contributed by atoms with Crippen LogP contribution in [0.1, 0.15) is 28.6 Å². The molecule has 0 saturated carbocycles. The van der Waals surface area contributed by atoms with E-state index in [0.717, 1.165) is 10.9 Å². The molecule has 0 aliphatic rings. The molecular weight excluding hydrogens is 244 g/mol. The van der Waals surface area contributed by atoms with Crippen LogP contribution in [0.4, 0.5) is 0 Å². The summed E-state index contributed by atoms with van der Waals surface area (Å²) in [6, 6.07) is 5.39. The number of ether oxygens (including phenoxy) is 1. The van der Waals surface area contributed by atoms with Crippen molar-refractivity contribution in [1.29, 1.82) is 0 Å². The third-order valence-corrected chi connectivity index (χ3v) is 2.72. The van der Waals surface area contributed by atoms with Crippen molar-refractivity contribution in [2.24, 2.45) is 0 Å². The lowest BCUT2D eigenvalue weighted by molar-refractivity contribution is 0.0491. The topological polar surface area (TPSA) is 59.7 Å². The van der Waals surface area contributed by atoms with Crippen molar-refractivity contribution in [2.45, 2.75) is 13.8 Å². The van der Waals surface area contributed by atoms with Crippen LogP contribution in [0.3, 0.4) is 0 Å². The second kappa shape index (κ2) is 5.59. The van der Waals surface area contributed by atoms with Crippen molar-refractivity contribution in [3.05, 3.63) is 35.1 Å². The van der Waals surface area contributed by atoms with E-state index in [9.17, 15) is 4.79 Å². The van der Waals surface area contributed by atoms with E-state index in [1.165, 1.54) is 0 Å². The number of aryl methyl sites for hydroxylation is 1. The Kier molecular flexibility index (Phi) is 3.88. The molecule has 0 aliphatic carbocycles. The number of aliphatic hydroxyl groups excluding tert-OH is 1. The Hall–Kier alpha value is -2.25. The van der Waals surface area contributed by atoms with Crippen LogP contribution in [-0.2, 0) is 4.74 Å². The van der Waals surface area contributed by atoms with E-state index in [1.54, 1.807) is 26.0 Å². The summed E-state index contributed by atoms with van der Waals surface area (Å²) in [7, 11) is 0. The molecule has 19 heavy (non-hydrogen) atoms. The van der Waals surface area contributed by atoms with Crippen molar-refractivity contribution in [3.8, 4) is 11.8 Å². The molecule has 0 aliphatic heterocycles. The molecule has 0 amide bonds. The highest BCUT2D eigenvalue weighted by Gasteiger charge is 2.19. The van der Waals surface area contributed by atoms with Crippen LogP contribution < -0.4 is 0 Å². The standard InChI is InChI=1S/C15H14O4/c1-3-18-15(17)14-10(2)13-11(7-5-9-16)6-4-8-12(13)19-14/h4,6,8,16H,3,9H2,1-2H3. The van der Waals surface area contributed by atoms with Gasteiger partial charge in [0.1, 0.15) is 12.2 Å². The Bertz CT molecular complexity index is 670. The predicted octanol–water partition coefficient (Wildman–Crippen LogP) is 2.26. The molecule has 0 saturated heterocycles. The van der Waals surface area contributed by atoms with Gasteiger partial charge in [-0.1, -0.05) is 17.9 Å². The van der Waals surface area contributed by atoms with Gasteiger partial charge in [-0.05, 0) is 26.0 Å². The summed E-state index contributed by atoms with van der Waals surface area (Å²) in [6.07, 6.45) is 0. The minimum absolute atomic E-state index is 0.204. The first-order chi connectivity index (χ1) is 9.19. The molecule has 0 unspecified atom stereocenters. The van der Waals surface area contributed by atoms with Gasteiger partial charge in [0, 0.05) is 16.5 Å². The van der Waals surface area contributed by atoms with Crippen LogP contribution in [0.15, 0.2) is 22.6 Å². The number of rotatable bonds is 2. The lowest BCUT2D eigenvalue weighted by Gasteiger charge is -1.98. The van der Waals surface area contributed by atoms with Crippen LogP contribution in [0.25, 0.3) is 11.0 Å². The fourth-order valence-corrected chi connectivity index (χ4v) is 1.93. The van der Waals surface area contributed by atoms with E-state index < -0.39 is 5.97 Å². The zero-order valence-electron chi connectivity index (χ0n) is 10.8. The molecule has 2 aromatic rings. The van der Waals surface area contributed by atoms with E-state index in [1.807, 2.05) is 6.07 Å². The summed E-state index contributed by atoms with van der Waals surface area (Å²) in [6.45, 7) is 3.63. The van der Waals surface area contributed by atoms with Gasteiger partial charge < -0.3 is 14.3 Å². The van der Waals surface area contributed by atoms with E-state index in [0.29, 0.717) is 17.8 Å². The summed E-state index contributed by atoms with van der Waals surface area (Å²) in [5.74, 6) is 5.17. The summed E-state index contributed by atoms with van der Waals surface area (Å²) in [5.41, 5.74) is 2.02. The maximum absolute atomic E-state index is 11.8. The van der Waals surface area contributed by atoms with Gasteiger partial charge in [-0.15, -0.1) is 0 Å². The lowest BCUT2D eigenvalue weighted by Crippen LogP contribution is -2.04. The molecule has 0 radical (unpaired) electrons. The second-order valence-corrected chi connectivity index (χ2v) is 3.92. The van der Waals surface area contributed by atoms with Gasteiger partial charge in [0.15, 0.2) is 0 Å². The van der Waals surface area contributed by atoms with Crippen molar-refractivity contribution in [3.63, 3.8) is 0 Å². The molecule has 2 rings (SSSR count). The minimum atomic E-state index is -0.475. The lowest BCUT2D eigenvalue weighted by atomic mass is 10.1. The van der Waals surface area contributed by atoms with Gasteiger partial charge in [0.2, 0.25) is 5.76 Å². The minimum Gasteiger partial charge on any atom is -0.460 e. The van der Waals surface area contributed by atoms with E-state index in [4.69, 9.17) is 14.3 Å². The van der Waals surface area contributed by atoms with Crippen molar-refractivity contribution >= 4 is 16.9 Å². The Morgan fingerprint density at radius 1 is 1.47 bits per heavy atom. The van der Waals surface area contributed by atoms with E-state index >= 15 is 0 Å². The van der Waals surface area contributed by atoms with Gasteiger partial charge in [0.05, 0.1) is 6.61 Å². The number of hydrogen-bond donors (Lipinski definition) is 1. The van der Waals surface area contributed by atoms with Crippen LogP contribution in [0, 0.1) is 18.8 Å². The van der Waals surface area contributed by atoms with Crippen molar-refractivity contribution in [2.75, 3.05) is 13.2 Å². The first-order valence-electron chi connectivity index (χ1n) is 5.98. The fourth-order valence-electron chi connectivity index (χ4n) is 1.93. The van der Waals surface area contributed by atoms with E-state index in [2.05, 4.69) is 11.8 Å². The molecule has 98 valence electrons. The summed E-state index contributed by atoms with van der Waals surface area (Å²) in [4.78, 5) is 11.8. The van der Waals surface area contributed by atoms with Crippen molar-refractivity contribution < 1.29 is 19.1 Å². The number of carbonyl (C=O) groups is 1. The van der Waals surface area contributed by atoms with Gasteiger partial charge in [-0.25, -0.2) is 4.79 Å². The normalized spacial score (nSPS) is 10.1. The molecule has 1 heterocycles. The SMILES string of the molecule is CCOC(=O)c1oc2cccc(C#CCO)c2c1C. The number of esters is 1. The monoisotopic (exact) mass is 258 g/mol. The largest absolute Gasteiger partial charge is 0.460 e. The Labute approximate surface area is 111 Å². The van der Waals surface area contributed by atoms with Gasteiger partial charge >= 0.3 is 5.97 Å². The van der Waals surface area contributed by atoms with Crippen molar-refractivity contribution in [1.82, 2.24) is 0 Å². The van der Waals surface area contributed by atoms with Crippen LogP contribution in [0.2, 0.25) is 0 Å². The summed E-state index contributed by atoms with van der Waals surface area (Å²) in [5, 5.41) is 9.54. The molecule has 1 aromatic carbocycles. The number of hydrogen-bond acceptors (Lipinski definition) is 4. The zero-order chi connectivity index (χ0) is 13.8. The molecule has 0 spiro atoms. The smallest absolute Gasteiger partial charge is 0.374 e. The van der Waals surface area contributed by atoms with Gasteiger partial charge in [0.25, 0.3) is 0 Å². The average Bonchev–Trinajstić information content (AvgIpc) is 2.75. The second-order valence-electron chi connectivity index (χ2n) is 3.92.